The monoisotopic (exact) mass is 564 g/mol. The van der Waals surface area contributed by atoms with Crippen LogP contribution >= 0.6 is 0 Å². The normalized spacial score (nSPS) is 25.7. The van der Waals surface area contributed by atoms with Crippen molar-refractivity contribution in [1.29, 1.82) is 0 Å². The standard InChI is InChI=1S/C29H32N4O8/c1-31(2)18-9-15(11-33-6-5-13(10-33)12-34)23(35)20-16(18)7-14-8-17-22(32(3)4)25(37)21(28(30)40)27(39)29(17,41)26(38)19(14)24(20)36/h5-6,9-10,12,14,17,22,35-36,39,41H,7-8,11H2,1-4H3,(H2,30,40)/t14-,17-,22-,29-/m0/s1. The third-order valence-corrected chi connectivity index (χ3v) is 8.52. The fourth-order valence-electron chi connectivity index (χ4n) is 6.69. The summed E-state index contributed by atoms with van der Waals surface area (Å²) in [5.74, 6) is -6.90. The molecule has 41 heavy (non-hydrogen) atoms. The van der Waals surface area contributed by atoms with Crippen LogP contribution < -0.4 is 10.6 Å². The molecule has 4 atom stereocenters. The molecule has 1 aromatic carbocycles. The molecule has 0 bridgehead atoms. The highest BCUT2D eigenvalue weighted by molar-refractivity contribution is 6.24. The van der Waals surface area contributed by atoms with Gasteiger partial charge in [0.2, 0.25) is 5.78 Å². The number of hydrogen-bond acceptors (Lipinski definition) is 10. The first kappa shape index (κ1) is 28.1. The molecule has 5 rings (SSSR count). The SMILES string of the molecule is CN(C)c1cc(Cn2ccc(C=O)c2)c(O)c2c1C[C@H]1C[C@H]3[C@H](N(C)C)C(=O)C(C(N)=O)=C(O)[C@@]3(O)C(=O)C1=C2O. The van der Waals surface area contributed by atoms with Crippen LogP contribution in [0.2, 0.25) is 0 Å². The molecule has 0 unspecified atom stereocenters. The van der Waals surface area contributed by atoms with E-state index in [0.717, 1.165) is 0 Å². The van der Waals surface area contributed by atoms with Crippen molar-refractivity contribution in [3.63, 3.8) is 0 Å². The van der Waals surface area contributed by atoms with E-state index in [4.69, 9.17) is 5.73 Å². The molecule has 0 spiro atoms. The number of likely N-dealkylation sites (N-methyl/N-ethyl adjacent to an activating group) is 1. The summed E-state index contributed by atoms with van der Waals surface area (Å²) < 4.78 is 1.69. The van der Waals surface area contributed by atoms with Gasteiger partial charge < -0.3 is 35.6 Å². The second-order valence-corrected chi connectivity index (χ2v) is 11.3. The van der Waals surface area contributed by atoms with Crippen molar-refractivity contribution in [2.75, 3.05) is 33.1 Å². The van der Waals surface area contributed by atoms with Gasteiger partial charge in [-0.2, -0.15) is 0 Å². The van der Waals surface area contributed by atoms with Gasteiger partial charge in [-0.05, 0) is 50.6 Å². The number of phenolic OH excluding ortho intramolecular Hbond substituents is 1. The molecule has 1 aromatic heterocycles. The summed E-state index contributed by atoms with van der Waals surface area (Å²) in [7, 11) is 6.71. The Hall–Kier alpha value is -4.42. The third-order valence-electron chi connectivity index (χ3n) is 8.52. The van der Waals surface area contributed by atoms with Crippen LogP contribution in [0, 0.1) is 11.8 Å². The van der Waals surface area contributed by atoms with Crippen LogP contribution in [0.15, 0.2) is 41.4 Å². The number of benzene rings is 1. The first-order valence-corrected chi connectivity index (χ1v) is 13.0. The van der Waals surface area contributed by atoms with E-state index < -0.39 is 58.0 Å². The van der Waals surface area contributed by atoms with Crippen LogP contribution in [0.3, 0.4) is 0 Å². The molecule has 0 aliphatic heterocycles. The number of anilines is 1. The van der Waals surface area contributed by atoms with Crippen LogP contribution in [0.5, 0.6) is 5.75 Å². The number of carbonyl (C=O) groups excluding carboxylic acids is 4. The Morgan fingerprint density at radius 1 is 1.20 bits per heavy atom. The number of primary amides is 1. The highest BCUT2D eigenvalue weighted by atomic mass is 16.3. The number of ketones is 2. The van der Waals surface area contributed by atoms with Crippen molar-refractivity contribution in [2.45, 2.75) is 31.0 Å². The van der Waals surface area contributed by atoms with Crippen molar-refractivity contribution in [3.05, 3.63) is 63.7 Å². The van der Waals surface area contributed by atoms with Gasteiger partial charge in [-0.1, -0.05) is 0 Å². The van der Waals surface area contributed by atoms with Gasteiger partial charge >= 0.3 is 0 Å². The largest absolute Gasteiger partial charge is 0.508 e. The van der Waals surface area contributed by atoms with Crippen molar-refractivity contribution in [1.82, 2.24) is 9.47 Å². The lowest BCUT2D eigenvalue weighted by Crippen LogP contribution is -2.65. The van der Waals surface area contributed by atoms with E-state index in [-0.39, 0.29) is 36.3 Å². The molecule has 3 aliphatic carbocycles. The van der Waals surface area contributed by atoms with Gasteiger partial charge in [0.15, 0.2) is 17.7 Å². The maximum absolute atomic E-state index is 14.1. The van der Waals surface area contributed by atoms with E-state index in [1.807, 2.05) is 4.90 Å². The molecule has 12 nitrogen and oxygen atoms in total. The van der Waals surface area contributed by atoms with Crippen molar-refractivity contribution in [3.8, 4) is 5.75 Å². The molecule has 1 heterocycles. The first-order chi connectivity index (χ1) is 19.2. The van der Waals surface area contributed by atoms with E-state index in [1.165, 1.54) is 4.90 Å². The number of aliphatic hydroxyl groups is 3. The fourth-order valence-corrected chi connectivity index (χ4v) is 6.69. The topological polar surface area (TPSA) is 187 Å². The van der Waals surface area contributed by atoms with Crippen LogP contribution in [0.1, 0.15) is 33.5 Å². The van der Waals surface area contributed by atoms with Crippen molar-refractivity contribution in [2.24, 2.45) is 17.6 Å². The average Bonchev–Trinajstić information content (AvgIpc) is 3.34. The summed E-state index contributed by atoms with van der Waals surface area (Å²) in [6.07, 6.45) is 4.18. The highest BCUT2D eigenvalue weighted by Gasteiger charge is 2.64. The number of rotatable bonds is 6. The van der Waals surface area contributed by atoms with E-state index in [1.54, 1.807) is 57.3 Å². The number of aliphatic hydroxyl groups excluding tert-OH is 2. The van der Waals surface area contributed by atoms with E-state index >= 15 is 0 Å². The minimum Gasteiger partial charge on any atom is -0.508 e. The molecular formula is C29H32N4O8. The molecule has 0 saturated heterocycles. The molecule has 1 fully saturated rings. The summed E-state index contributed by atoms with van der Waals surface area (Å²) in [5, 5.41) is 45.7. The average molecular weight is 565 g/mol. The van der Waals surface area contributed by atoms with Crippen molar-refractivity contribution >= 4 is 35.2 Å². The van der Waals surface area contributed by atoms with Crippen LogP contribution in [0.4, 0.5) is 5.69 Å². The number of nitrogens with two attached hydrogens (primary N) is 1. The molecule has 1 saturated carbocycles. The Morgan fingerprint density at radius 2 is 1.88 bits per heavy atom. The maximum atomic E-state index is 14.1. The number of amides is 1. The minimum absolute atomic E-state index is 0.0129. The first-order valence-electron chi connectivity index (χ1n) is 13.0. The Labute approximate surface area is 235 Å². The van der Waals surface area contributed by atoms with Gasteiger partial charge in [-0.3, -0.25) is 24.1 Å². The smallest absolute Gasteiger partial charge is 0.255 e. The lowest BCUT2D eigenvalue weighted by molar-refractivity contribution is -0.153. The van der Waals surface area contributed by atoms with Gasteiger partial charge in [0.1, 0.15) is 22.8 Å². The van der Waals surface area contributed by atoms with E-state index in [2.05, 4.69) is 0 Å². The predicted octanol–water partition coefficient (Wildman–Crippen LogP) is 0.692. The van der Waals surface area contributed by atoms with Crippen molar-refractivity contribution < 1.29 is 39.6 Å². The van der Waals surface area contributed by atoms with E-state index in [0.29, 0.717) is 28.7 Å². The Kier molecular flexibility index (Phi) is 6.58. The Morgan fingerprint density at radius 3 is 2.44 bits per heavy atom. The molecule has 6 N–H and O–H groups in total. The number of Topliss-reactive ketones (excluding diaryl/α,β-unsaturated/α-hetero) is 2. The zero-order valence-corrected chi connectivity index (χ0v) is 23.1. The second-order valence-electron chi connectivity index (χ2n) is 11.3. The molecule has 12 heteroatoms. The number of hydrogen-bond donors (Lipinski definition) is 5. The number of aldehydes is 1. The Bertz CT molecular complexity index is 1580. The van der Waals surface area contributed by atoms with Crippen LogP contribution in [-0.2, 0) is 27.3 Å². The summed E-state index contributed by atoms with van der Waals surface area (Å²) in [6, 6.07) is 2.25. The summed E-state index contributed by atoms with van der Waals surface area (Å²) >= 11 is 0. The van der Waals surface area contributed by atoms with Gasteiger partial charge in [0, 0.05) is 54.8 Å². The van der Waals surface area contributed by atoms with Gasteiger partial charge in [-0.15, -0.1) is 0 Å². The number of carbonyl (C=O) groups is 4. The number of aromatic hydroxyl groups is 1. The maximum Gasteiger partial charge on any atom is 0.255 e. The summed E-state index contributed by atoms with van der Waals surface area (Å²) in [6.45, 7) is 0.151. The lowest BCUT2D eigenvalue weighted by Gasteiger charge is -2.50. The lowest BCUT2D eigenvalue weighted by atomic mass is 9.57. The van der Waals surface area contributed by atoms with Gasteiger partial charge in [0.05, 0.1) is 18.2 Å². The van der Waals surface area contributed by atoms with E-state index in [9.17, 15) is 39.6 Å². The second kappa shape index (κ2) is 9.60. The third kappa shape index (κ3) is 3.97. The number of fused-ring (bicyclic) bond motifs is 3. The Balaban J connectivity index is 1.71. The molecule has 216 valence electrons. The quantitative estimate of drug-likeness (QED) is 0.247. The summed E-state index contributed by atoms with van der Waals surface area (Å²) in [5.41, 5.74) is 3.74. The number of phenols is 1. The molecule has 3 aliphatic rings. The predicted molar refractivity (Wildman–Crippen MR) is 147 cm³/mol. The van der Waals surface area contributed by atoms with Crippen LogP contribution in [0.25, 0.3) is 5.76 Å². The molecule has 2 aromatic rings. The molecule has 1 amide bonds. The minimum atomic E-state index is -2.70. The summed E-state index contributed by atoms with van der Waals surface area (Å²) in [4.78, 5) is 53.9. The van der Waals surface area contributed by atoms with Crippen LogP contribution in [-0.4, -0.2) is 93.5 Å². The molecular weight excluding hydrogens is 532 g/mol. The van der Waals surface area contributed by atoms with Gasteiger partial charge in [0.25, 0.3) is 5.91 Å². The zero-order chi connectivity index (χ0) is 30.1. The number of nitrogens with zero attached hydrogens (tertiary/aromatic N) is 3. The number of aromatic nitrogens is 1. The fraction of sp³-hybridized carbons (Fsp3) is 0.379. The molecule has 0 radical (unpaired) electrons. The van der Waals surface area contributed by atoms with Gasteiger partial charge in [-0.25, -0.2) is 0 Å². The zero-order valence-electron chi connectivity index (χ0n) is 23.1. The highest BCUT2D eigenvalue weighted by Crippen LogP contribution is 2.54.